The van der Waals surface area contributed by atoms with E-state index in [9.17, 15) is 4.79 Å². The van der Waals surface area contributed by atoms with Gasteiger partial charge in [0.15, 0.2) is 0 Å². The maximum Gasteiger partial charge on any atom is 0.253 e. The molecule has 0 saturated carbocycles. The van der Waals surface area contributed by atoms with Gasteiger partial charge in [-0.2, -0.15) is 0 Å². The number of hydrogen-bond acceptors (Lipinski definition) is 3. The Labute approximate surface area is 108 Å². The van der Waals surface area contributed by atoms with Crippen LogP contribution in [0.1, 0.15) is 22.8 Å². The van der Waals surface area contributed by atoms with E-state index in [-0.39, 0.29) is 5.91 Å². The monoisotopic (exact) mass is 248 g/mol. The van der Waals surface area contributed by atoms with Gasteiger partial charge in [-0.3, -0.25) is 4.79 Å². The molecule has 1 amide bonds. The number of benzene rings is 1. The average molecular weight is 248 g/mol. The highest BCUT2D eigenvalue weighted by atomic mass is 16.5. The van der Waals surface area contributed by atoms with E-state index in [0.717, 1.165) is 24.2 Å². The van der Waals surface area contributed by atoms with Gasteiger partial charge < -0.3 is 15.0 Å². The van der Waals surface area contributed by atoms with Crippen molar-refractivity contribution < 1.29 is 9.53 Å². The quantitative estimate of drug-likeness (QED) is 0.807. The molecule has 98 valence electrons. The van der Waals surface area contributed by atoms with Crippen LogP contribution in [0.5, 0.6) is 0 Å². The number of hydrogen-bond donors (Lipinski definition) is 1. The number of rotatable bonds is 5. The Hall–Kier alpha value is -1.55. The minimum Gasteiger partial charge on any atom is -0.384 e. The number of amides is 1. The van der Waals surface area contributed by atoms with Crippen LogP contribution in [-0.2, 0) is 11.2 Å². The van der Waals surface area contributed by atoms with E-state index in [4.69, 9.17) is 4.74 Å². The lowest BCUT2D eigenvalue weighted by Gasteiger charge is -2.17. The molecule has 2 rings (SSSR count). The van der Waals surface area contributed by atoms with Crippen molar-refractivity contribution in [2.75, 3.05) is 38.7 Å². The first kappa shape index (κ1) is 12.9. The van der Waals surface area contributed by atoms with Gasteiger partial charge in [0.2, 0.25) is 0 Å². The van der Waals surface area contributed by atoms with E-state index in [0.29, 0.717) is 19.8 Å². The third kappa shape index (κ3) is 2.82. The molecule has 4 nitrogen and oxygen atoms in total. The first-order chi connectivity index (χ1) is 8.72. The molecule has 0 bridgehead atoms. The van der Waals surface area contributed by atoms with Crippen molar-refractivity contribution in [3.05, 3.63) is 29.3 Å². The van der Waals surface area contributed by atoms with Crippen LogP contribution in [0, 0.1) is 0 Å². The highest BCUT2D eigenvalue weighted by Crippen LogP contribution is 2.23. The number of ether oxygens (including phenoxy) is 1. The number of nitrogens with zero attached hydrogens (tertiary/aromatic N) is 1. The zero-order valence-electron chi connectivity index (χ0n) is 11.0. The largest absolute Gasteiger partial charge is 0.384 e. The number of carbonyl (C=O) groups is 1. The summed E-state index contributed by atoms with van der Waals surface area (Å²) in [6.07, 6.45) is 0.999. The summed E-state index contributed by atoms with van der Waals surface area (Å²) < 4.78 is 5.26. The highest BCUT2D eigenvalue weighted by molar-refractivity contribution is 5.94. The second-order valence-electron chi connectivity index (χ2n) is 4.47. The second-order valence-corrected chi connectivity index (χ2v) is 4.47. The normalized spacial score (nSPS) is 13.0. The predicted octanol–water partition coefficient (Wildman–Crippen LogP) is 1.76. The molecule has 0 spiro atoms. The van der Waals surface area contributed by atoms with Crippen molar-refractivity contribution in [2.45, 2.75) is 13.3 Å². The molecule has 0 aromatic heterocycles. The molecule has 0 fully saturated rings. The van der Waals surface area contributed by atoms with Gasteiger partial charge in [-0.25, -0.2) is 0 Å². The van der Waals surface area contributed by atoms with Crippen LogP contribution in [0.15, 0.2) is 18.2 Å². The smallest absolute Gasteiger partial charge is 0.253 e. The maximum atomic E-state index is 12.2. The summed E-state index contributed by atoms with van der Waals surface area (Å²) in [6, 6.07) is 5.87. The van der Waals surface area contributed by atoms with Crippen molar-refractivity contribution in [2.24, 2.45) is 0 Å². The summed E-state index contributed by atoms with van der Waals surface area (Å²) >= 11 is 0. The molecule has 0 radical (unpaired) electrons. The first-order valence-electron chi connectivity index (χ1n) is 6.42. The molecule has 1 aliphatic rings. The lowest BCUT2D eigenvalue weighted by Crippen LogP contribution is -2.30. The summed E-state index contributed by atoms with van der Waals surface area (Å²) in [7, 11) is 1.81. The molecule has 18 heavy (non-hydrogen) atoms. The number of fused-ring (bicyclic) bond motifs is 1. The Kier molecular flexibility index (Phi) is 4.20. The lowest BCUT2D eigenvalue weighted by molar-refractivity contribution is 0.0710. The van der Waals surface area contributed by atoms with Gasteiger partial charge in [-0.05, 0) is 37.1 Å². The fourth-order valence-electron chi connectivity index (χ4n) is 2.11. The van der Waals surface area contributed by atoms with Crippen LogP contribution in [0.25, 0.3) is 0 Å². The Bertz CT molecular complexity index is 432. The Balaban J connectivity index is 2.00. The van der Waals surface area contributed by atoms with Crippen LogP contribution in [0.4, 0.5) is 5.69 Å². The number of nitrogens with one attached hydrogen (secondary N) is 1. The molecule has 4 heteroatoms. The first-order valence-corrected chi connectivity index (χ1v) is 6.42. The van der Waals surface area contributed by atoms with Crippen molar-refractivity contribution >= 4 is 11.6 Å². The SMILES string of the molecule is CCOCCN(C)C(=O)c1ccc2c(c1)CCN2. The molecule has 0 unspecified atom stereocenters. The Morgan fingerprint density at radius 2 is 2.33 bits per heavy atom. The van der Waals surface area contributed by atoms with E-state index in [2.05, 4.69) is 5.32 Å². The second kappa shape index (κ2) is 5.87. The van der Waals surface area contributed by atoms with Gasteiger partial charge in [-0.1, -0.05) is 0 Å². The summed E-state index contributed by atoms with van der Waals surface area (Å²) in [5, 5.41) is 3.29. The van der Waals surface area contributed by atoms with E-state index in [1.807, 2.05) is 32.2 Å². The zero-order valence-corrected chi connectivity index (χ0v) is 11.0. The molecule has 1 aromatic carbocycles. The van der Waals surface area contributed by atoms with Crippen LogP contribution in [-0.4, -0.2) is 44.2 Å². The van der Waals surface area contributed by atoms with Crippen molar-refractivity contribution in [1.29, 1.82) is 0 Å². The molecule has 0 saturated heterocycles. The lowest BCUT2D eigenvalue weighted by atomic mass is 10.1. The fraction of sp³-hybridized carbons (Fsp3) is 0.500. The molecule has 1 heterocycles. The van der Waals surface area contributed by atoms with Gasteiger partial charge in [0, 0.05) is 38.0 Å². The van der Waals surface area contributed by atoms with Gasteiger partial charge in [0.25, 0.3) is 5.91 Å². The third-order valence-corrected chi connectivity index (χ3v) is 3.18. The number of carbonyl (C=O) groups excluding carboxylic acids is 1. The molecule has 1 aliphatic heterocycles. The van der Waals surface area contributed by atoms with Gasteiger partial charge in [0.1, 0.15) is 0 Å². The molecule has 0 aliphatic carbocycles. The topological polar surface area (TPSA) is 41.6 Å². The van der Waals surface area contributed by atoms with Crippen molar-refractivity contribution in [3.8, 4) is 0 Å². The van der Waals surface area contributed by atoms with Gasteiger partial charge in [0.05, 0.1) is 6.61 Å². The van der Waals surface area contributed by atoms with Crippen molar-refractivity contribution in [1.82, 2.24) is 4.90 Å². The Morgan fingerprint density at radius 1 is 1.50 bits per heavy atom. The van der Waals surface area contributed by atoms with Crippen LogP contribution >= 0.6 is 0 Å². The molecular weight excluding hydrogens is 228 g/mol. The molecular formula is C14H20N2O2. The fourth-order valence-corrected chi connectivity index (χ4v) is 2.11. The maximum absolute atomic E-state index is 12.2. The summed E-state index contributed by atoms with van der Waals surface area (Å²) in [5.41, 5.74) is 3.15. The van der Waals surface area contributed by atoms with Crippen molar-refractivity contribution in [3.63, 3.8) is 0 Å². The van der Waals surface area contributed by atoms with Crippen LogP contribution in [0.3, 0.4) is 0 Å². The average Bonchev–Trinajstić information content (AvgIpc) is 2.85. The number of likely N-dealkylation sites (N-methyl/N-ethyl adjacent to an activating group) is 1. The standard InChI is InChI=1S/C14H20N2O2/c1-3-18-9-8-16(2)14(17)12-4-5-13-11(10-12)6-7-15-13/h4-5,10,15H,3,6-9H2,1-2H3. The van der Waals surface area contributed by atoms with E-state index < -0.39 is 0 Å². The van der Waals surface area contributed by atoms with Gasteiger partial charge >= 0.3 is 0 Å². The summed E-state index contributed by atoms with van der Waals surface area (Å²) in [6.45, 7) is 4.82. The van der Waals surface area contributed by atoms with E-state index >= 15 is 0 Å². The zero-order chi connectivity index (χ0) is 13.0. The molecule has 1 aromatic rings. The minimum absolute atomic E-state index is 0.0596. The summed E-state index contributed by atoms with van der Waals surface area (Å²) in [4.78, 5) is 13.9. The predicted molar refractivity (Wildman–Crippen MR) is 72.1 cm³/mol. The van der Waals surface area contributed by atoms with Gasteiger partial charge in [-0.15, -0.1) is 0 Å². The summed E-state index contributed by atoms with van der Waals surface area (Å²) in [5.74, 6) is 0.0596. The van der Waals surface area contributed by atoms with E-state index in [1.165, 1.54) is 5.56 Å². The highest BCUT2D eigenvalue weighted by Gasteiger charge is 2.15. The van der Waals surface area contributed by atoms with Crippen LogP contribution in [0.2, 0.25) is 0 Å². The minimum atomic E-state index is 0.0596. The number of anilines is 1. The molecule has 1 N–H and O–H groups in total. The third-order valence-electron chi connectivity index (χ3n) is 3.18. The molecule has 0 atom stereocenters. The Morgan fingerprint density at radius 3 is 3.11 bits per heavy atom. The van der Waals surface area contributed by atoms with E-state index in [1.54, 1.807) is 4.90 Å². The van der Waals surface area contributed by atoms with Crippen LogP contribution < -0.4 is 5.32 Å².